The minimum Gasteiger partial charge on any atom is -0.396 e. The molecule has 0 spiro atoms. The lowest BCUT2D eigenvalue weighted by Crippen LogP contribution is -2.33. The average molecular weight is 194 g/mol. The highest BCUT2D eigenvalue weighted by molar-refractivity contribution is 4.67. The Morgan fingerprint density at radius 1 is 1.08 bits per heavy atom. The van der Waals surface area contributed by atoms with Crippen LogP contribution >= 0.6 is 0 Å². The molecule has 0 bridgehead atoms. The summed E-state index contributed by atoms with van der Waals surface area (Å²) in [6, 6.07) is 0. The predicted molar refractivity (Wildman–Crippen MR) is 46.2 cm³/mol. The number of hydrogen-bond donors (Lipinski definition) is 4. The Morgan fingerprint density at radius 2 is 1.77 bits per heavy atom. The summed E-state index contributed by atoms with van der Waals surface area (Å²) in [5, 5.41) is 35.1. The van der Waals surface area contributed by atoms with Crippen molar-refractivity contribution < 1.29 is 25.2 Å². The fourth-order valence-electron chi connectivity index (χ4n) is 0.976. The van der Waals surface area contributed by atoms with Crippen molar-refractivity contribution in [1.82, 2.24) is 0 Å². The van der Waals surface area contributed by atoms with Gasteiger partial charge in [0.2, 0.25) is 0 Å². The van der Waals surface area contributed by atoms with E-state index in [9.17, 15) is 5.11 Å². The third kappa shape index (κ3) is 5.95. The molecule has 0 aromatic carbocycles. The zero-order valence-corrected chi connectivity index (χ0v) is 7.59. The molecule has 2 atom stereocenters. The topological polar surface area (TPSA) is 90.2 Å². The molecule has 0 saturated carbocycles. The standard InChI is InChI=1S/C8H18O5/c9-3-1-2-7(12)8(6-11)13-5-4-10/h7-12H,1-6H2. The van der Waals surface area contributed by atoms with E-state index in [1.807, 2.05) is 0 Å². The van der Waals surface area contributed by atoms with Gasteiger partial charge < -0.3 is 25.2 Å². The summed E-state index contributed by atoms with van der Waals surface area (Å²) in [5.74, 6) is 0. The number of ether oxygens (including phenoxy) is 1. The van der Waals surface area contributed by atoms with E-state index in [2.05, 4.69) is 0 Å². The maximum Gasteiger partial charge on any atom is 0.106 e. The molecule has 4 N–H and O–H groups in total. The highest BCUT2D eigenvalue weighted by atomic mass is 16.5. The van der Waals surface area contributed by atoms with E-state index in [0.29, 0.717) is 12.8 Å². The van der Waals surface area contributed by atoms with Gasteiger partial charge in [0, 0.05) is 6.61 Å². The Labute approximate surface area is 77.6 Å². The molecule has 13 heavy (non-hydrogen) atoms. The second-order valence-corrected chi connectivity index (χ2v) is 2.75. The monoisotopic (exact) mass is 194 g/mol. The van der Waals surface area contributed by atoms with Gasteiger partial charge in [-0.1, -0.05) is 0 Å². The zero-order valence-electron chi connectivity index (χ0n) is 7.59. The van der Waals surface area contributed by atoms with Crippen LogP contribution in [-0.2, 0) is 4.74 Å². The first-order valence-electron chi connectivity index (χ1n) is 4.38. The molecule has 0 aliphatic heterocycles. The van der Waals surface area contributed by atoms with Crippen molar-refractivity contribution in [2.24, 2.45) is 0 Å². The Morgan fingerprint density at radius 3 is 2.23 bits per heavy atom. The van der Waals surface area contributed by atoms with E-state index in [1.54, 1.807) is 0 Å². The molecule has 0 heterocycles. The van der Waals surface area contributed by atoms with Gasteiger partial charge in [0.05, 0.1) is 25.9 Å². The van der Waals surface area contributed by atoms with Gasteiger partial charge >= 0.3 is 0 Å². The Kier molecular flexibility index (Phi) is 8.27. The molecule has 0 saturated heterocycles. The fraction of sp³-hybridized carbons (Fsp3) is 1.00. The Bertz CT molecular complexity index is 109. The molecular weight excluding hydrogens is 176 g/mol. The maximum atomic E-state index is 9.39. The summed E-state index contributed by atoms with van der Waals surface area (Å²) in [6.45, 7) is -0.313. The van der Waals surface area contributed by atoms with Gasteiger partial charge in [0.1, 0.15) is 6.10 Å². The summed E-state index contributed by atoms with van der Waals surface area (Å²) in [4.78, 5) is 0. The van der Waals surface area contributed by atoms with E-state index < -0.39 is 12.2 Å². The molecule has 0 fully saturated rings. The molecule has 5 nitrogen and oxygen atoms in total. The number of rotatable bonds is 8. The van der Waals surface area contributed by atoms with Gasteiger partial charge in [-0.3, -0.25) is 0 Å². The molecule has 0 aliphatic carbocycles. The van der Waals surface area contributed by atoms with Gasteiger partial charge in [0.25, 0.3) is 0 Å². The largest absolute Gasteiger partial charge is 0.396 e. The molecule has 5 heteroatoms. The van der Waals surface area contributed by atoms with Crippen molar-refractivity contribution in [3.63, 3.8) is 0 Å². The van der Waals surface area contributed by atoms with Crippen molar-refractivity contribution in [3.05, 3.63) is 0 Å². The van der Waals surface area contributed by atoms with Gasteiger partial charge in [0.15, 0.2) is 0 Å². The normalized spacial score (nSPS) is 15.7. The molecule has 0 aromatic rings. The molecule has 0 aliphatic rings. The van der Waals surface area contributed by atoms with Gasteiger partial charge in [-0.2, -0.15) is 0 Å². The van der Waals surface area contributed by atoms with E-state index >= 15 is 0 Å². The van der Waals surface area contributed by atoms with Crippen molar-refractivity contribution in [2.45, 2.75) is 25.0 Å². The quantitative estimate of drug-likeness (QED) is 0.377. The zero-order chi connectivity index (χ0) is 10.1. The van der Waals surface area contributed by atoms with Crippen LogP contribution in [-0.4, -0.2) is 59.1 Å². The molecule has 0 radical (unpaired) electrons. The summed E-state index contributed by atoms with van der Waals surface area (Å²) in [7, 11) is 0. The Hall–Kier alpha value is -0.200. The Balaban J connectivity index is 3.63. The van der Waals surface area contributed by atoms with Gasteiger partial charge in [-0.05, 0) is 12.8 Å². The first-order valence-corrected chi connectivity index (χ1v) is 4.38. The van der Waals surface area contributed by atoms with Crippen molar-refractivity contribution in [3.8, 4) is 0 Å². The van der Waals surface area contributed by atoms with Crippen LogP contribution in [0.1, 0.15) is 12.8 Å². The summed E-state index contributed by atoms with van der Waals surface area (Å²) in [5.41, 5.74) is 0. The van der Waals surface area contributed by atoms with E-state index in [-0.39, 0.29) is 26.4 Å². The molecule has 0 rings (SSSR count). The number of hydrogen-bond acceptors (Lipinski definition) is 5. The third-order valence-corrected chi connectivity index (χ3v) is 1.69. The van der Waals surface area contributed by atoms with Crippen LogP contribution < -0.4 is 0 Å². The van der Waals surface area contributed by atoms with Crippen LogP contribution in [0.3, 0.4) is 0 Å². The average Bonchev–Trinajstić information content (AvgIpc) is 2.16. The SMILES string of the molecule is OCCCC(O)C(CO)OCCO. The minimum absolute atomic E-state index is 0.00914. The smallest absolute Gasteiger partial charge is 0.106 e. The minimum atomic E-state index is -0.788. The molecule has 0 aromatic heterocycles. The number of aliphatic hydroxyl groups is 4. The van der Waals surface area contributed by atoms with Gasteiger partial charge in [-0.15, -0.1) is 0 Å². The van der Waals surface area contributed by atoms with Crippen LogP contribution in [0.4, 0.5) is 0 Å². The van der Waals surface area contributed by atoms with Crippen LogP contribution in [0, 0.1) is 0 Å². The second-order valence-electron chi connectivity index (χ2n) is 2.75. The van der Waals surface area contributed by atoms with Crippen LogP contribution in [0.5, 0.6) is 0 Å². The molecule has 80 valence electrons. The highest BCUT2D eigenvalue weighted by Gasteiger charge is 2.17. The predicted octanol–water partition coefficient (Wildman–Crippen LogP) is -1.51. The number of aliphatic hydroxyl groups excluding tert-OH is 4. The first-order chi connectivity index (χ1) is 6.26. The van der Waals surface area contributed by atoms with Crippen molar-refractivity contribution in [2.75, 3.05) is 26.4 Å². The lowest BCUT2D eigenvalue weighted by Gasteiger charge is -2.20. The van der Waals surface area contributed by atoms with E-state index in [1.165, 1.54) is 0 Å². The lowest BCUT2D eigenvalue weighted by molar-refractivity contribution is -0.0744. The molecule has 0 amide bonds. The fourth-order valence-corrected chi connectivity index (χ4v) is 0.976. The molecular formula is C8H18O5. The van der Waals surface area contributed by atoms with Crippen LogP contribution in [0.2, 0.25) is 0 Å². The third-order valence-electron chi connectivity index (χ3n) is 1.69. The van der Waals surface area contributed by atoms with E-state index in [0.717, 1.165) is 0 Å². The van der Waals surface area contributed by atoms with Crippen LogP contribution in [0.25, 0.3) is 0 Å². The van der Waals surface area contributed by atoms with Crippen molar-refractivity contribution in [1.29, 1.82) is 0 Å². The first kappa shape index (κ1) is 12.8. The lowest BCUT2D eigenvalue weighted by atomic mass is 10.1. The van der Waals surface area contributed by atoms with Crippen molar-refractivity contribution >= 4 is 0 Å². The van der Waals surface area contributed by atoms with E-state index in [4.69, 9.17) is 20.1 Å². The van der Waals surface area contributed by atoms with Gasteiger partial charge in [-0.25, -0.2) is 0 Å². The highest BCUT2D eigenvalue weighted by Crippen LogP contribution is 2.05. The second kappa shape index (κ2) is 8.40. The molecule has 2 unspecified atom stereocenters. The summed E-state index contributed by atoms with van der Waals surface area (Å²) < 4.78 is 4.97. The maximum absolute atomic E-state index is 9.39. The van der Waals surface area contributed by atoms with Crippen LogP contribution in [0.15, 0.2) is 0 Å². The summed E-state index contributed by atoms with van der Waals surface area (Å²) >= 11 is 0. The summed E-state index contributed by atoms with van der Waals surface area (Å²) in [6.07, 6.45) is -0.602.